The van der Waals surface area contributed by atoms with E-state index < -0.39 is 0 Å². The molecular formula is C16H17ClN4S. The number of nitrogens with zero attached hydrogens (tertiary/aromatic N) is 3. The Balaban J connectivity index is 1.93. The highest BCUT2D eigenvalue weighted by molar-refractivity contribution is 8.03. The van der Waals surface area contributed by atoms with E-state index in [1.54, 1.807) is 6.20 Å². The van der Waals surface area contributed by atoms with Crippen molar-refractivity contribution in [3.8, 4) is 0 Å². The van der Waals surface area contributed by atoms with Gasteiger partial charge in [-0.3, -0.25) is 0 Å². The molecule has 0 fully saturated rings. The van der Waals surface area contributed by atoms with Gasteiger partial charge in [0.1, 0.15) is 11.6 Å². The van der Waals surface area contributed by atoms with E-state index in [2.05, 4.69) is 15.3 Å². The van der Waals surface area contributed by atoms with E-state index in [9.17, 15) is 0 Å². The minimum Gasteiger partial charge on any atom is -0.341 e. The molecule has 3 rings (SSSR count). The molecule has 1 unspecified atom stereocenters. The van der Waals surface area contributed by atoms with Gasteiger partial charge in [0.2, 0.25) is 0 Å². The number of aryl methyl sites for hydroxylation is 3. The van der Waals surface area contributed by atoms with Crippen LogP contribution in [-0.4, -0.2) is 15.5 Å². The summed E-state index contributed by atoms with van der Waals surface area (Å²) in [5, 5.41) is 4.50. The number of benzene rings is 1. The van der Waals surface area contributed by atoms with E-state index in [1.807, 2.05) is 49.9 Å². The third kappa shape index (κ3) is 3.05. The number of thioether (sulfide) groups is 1. The van der Waals surface area contributed by atoms with E-state index in [1.165, 1.54) is 11.8 Å². The van der Waals surface area contributed by atoms with Crippen molar-refractivity contribution in [3.63, 3.8) is 0 Å². The largest absolute Gasteiger partial charge is 0.341 e. The van der Waals surface area contributed by atoms with Gasteiger partial charge in [0, 0.05) is 18.0 Å². The summed E-state index contributed by atoms with van der Waals surface area (Å²) in [6.07, 6.45) is 1.79. The Morgan fingerprint density at radius 1 is 1.32 bits per heavy atom. The van der Waals surface area contributed by atoms with Crippen LogP contribution in [0, 0.1) is 20.8 Å². The molecule has 1 aromatic carbocycles. The van der Waals surface area contributed by atoms with Gasteiger partial charge < -0.3 is 10.2 Å². The van der Waals surface area contributed by atoms with Gasteiger partial charge in [-0.05, 0) is 37.8 Å². The quantitative estimate of drug-likeness (QED) is 0.897. The molecule has 0 saturated heterocycles. The fraction of sp³-hybridized carbons (Fsp3) is 0.250. The summed E-state index contributed by atoms with van der Waals surface area (Å²) in [5.41, 5.74) is 2.70. The van der Waals surface area contributed by atoms with Crippen molar-refractivity contribution in [2.45, 2.75) is 26.3 Å². The van der Waals surface area contributed by atoms with Gasteiger partial charge in [-0.2, -0.15) is 0 Å². The molecule has 2 aromatic rings. The molecule has 0 amide bonds. The van der Waals surface area contributed by atoms with Crippen LogP contribution in [0.1, 0.15) is 18.5 Å². The van der Waals surface area contributed by atoms with Crippen LogP contribution >= 0.6 is 23.4 Å². The summed E-state index contributed by atoms with van der Waals surface area (Å²) in [4.78, 5) is 10.7. The topological polar surface area (TPSA) is 41.0 Å². The standard InChI is InChI=1S/C16H17ClN4S/c1-10-5-4-6-13(17)15(10)21-7-8-22-16(21)20-14-9-11(2)18-12(3)19-14/h4-9,16H,1-3H3,(H,18,19,20)/i8D. The molecule has 22 heavy (non-hydrogen) atoms. The fourth-order valence-electron chi connectivity index (χ4n) is 2.42. The van der Waals surface area contributed by atoms with Crippen LogP contribution in [0.3, 0.4) is 0 Å². The van der Waals surface area contributed by atoms with Gasteiger partial charge in [0.15, 0.2) is 5.50 Å². The molecule has 1 N–H and O–H groups in total. The number of para-hydroxylation sites is 1. The Hall–Kier alpha value is -1.72. The lowest BCUT2D eigenvalue weighted by Gasteiger charge is -2.28. The molecule has 114 valence electrons. The molecule has 0 bridgehead atoms. The first-order valence-electron chi connectivity index (χ1n) is 7.41. The molecule has 1 aliphatic rings. The molecule has 1 aromatic heterocycles. The van der Waals surface area contributed by atoms with E-state index in [-0.39, 0.29) is 5.50 Å². The number of halogens is 1. The van der Waals surface area contributed by atoms with Crippen molar-refractivity contribution >= 4 is 34.9 Å². The lowest BCUT2D eigenvalue weighted by Crippen LogP contribution is -2.32. The van der Waals surface area contributed by atoms with Crippen LogP contribution in [0.15, 0.2) is 35.8 Å². The van der Waals surface area contributed by atoms with Gasteiger partial charge in [-0.15, -0.1) is 0 Å². The summed E-state index contributed by atoms with van der Waals surface area (Å²) in [5.74, 6) is 1.46. The molecule has 1 atom stereocenters. The zero-order valence-corrected chi connectivity index (χ0v) is 14.2. The van der Waals surface area contributed by atoms with Crippen LogP contribution in [0.25, 0.3) is 0 Å². The first-order chi connectivity index (χ1) is 10.9. The Labute approximate surface area is 141 Å². The summed E-state index contributed by atoms with van der Waals surface area (Å²) >= 11 is 7.80. The third-order valence-electron chi connectivity index (χ3n) is 3.31. The van der Waals surface area contributed by atoms with E-state index >= 15 is 0 Å². The number of aromatic nitrogens is 2. The number of hydrogen-bond acceptors (Lipinski definition) is 5. The Morgan fingerprint density at radius 2 is 2.14 bits per heavy atom. The fourth-order valence-corrected chi connectivity index (χ4v) is 3.51. The molecule has 0 spiro atoms. The lowest BCUT2D eigenvalue weighted by atomic mass is 10.2. The lowest BCUT2D eigenvalue weighted by molar-refractivity contribution is 0.939. The summed E-state index contributed by atoms with van der Waals surface area (Å²) in [6, 6.07) is 7.69. The average Bonchev–Trinajstić information content (AvgIpc) is 2.78. The van der Waals surface area contributed by atoms with Crippen LogP contribution in [0.4, 0.5) is 11.5 Å². The van der Waals surface area contributed by atoms with Gasteiger partial charge in [-0.1, -0.05) is 35.5 Å². The van der Waals surface area contributed by atoms with Crippen molar-refractivity contribution in [1.29, 1.82) is 0 Å². The van der Waals surface area contributed by atoms with Crippen LogP contribution < -0.4 is 10.2 Å². The second kappa shape index (κ2) is 6.18. The van der Waals surface area contributed by atoms with Crippen molar-refractivity contribution in [1.82, 2.24) is 9.97 Å². The molecule has 1 aliphatic heterocycles. The first kappa shape index (κ1) is 13.9. The summed E-state index contributed by atoms with van der Waals surface area (Å²) < 4.78 is 8.00. The van der Waals surface area contributed by atoms with Gasteiger partial charge in [0.05, 0.1) is 12.1 Å². The summed E-state index contributed by atoms with van der Waals surface area (Å²) in [7, 11) is 0. The van der Waals surface area contributed by atoms with Crippen LogP contribution in [0.5, 0.6) is 0 Å². The first-order valence-corrected chi connectivity index (χ1v) is 8.17. The van der Waals surface area contributed by atoms with Gasteiger partial charge in [-0.25, -0.2) is 9.97 Å². The number of hydrogen-bond donors (Lipinski definition) is 1. The molecule has 6 heteroatoms. The highest BCUT2D eigenvalue weighted by Gasteiger charge is 2.24. The van der Waals surface area contributed by atoms with E-state index in [0.717, 1.165) is 28.6 Å². The molecule has 4 nitrogen and oxygen atoms in total. The molecule has 0 aliphatic carbocycles. The second-order valence-electron chi connectivity index (χ2n) is 5.12. The monoisotopic (exact) mass is 333 g/mol. The smallest absolute Gasteiger partial charge is 0.157 e. The molecule has 2 heterocycles. The van der Waals surface area contributed by atoms with Crippen molar-refractivity contribution in [2.24, 2.45) is 0 Å². The zero-order valence-electron chi connectivity index (χ0n) is 13.6. The van der Waals surface area contributed by atoms with Gasteiger partial charge in [0.25, 0.3) is 0 Å². The number of rotatable bonds is 3. The van der Waals surface area contributed by atoms with Crippen LogP contribution in [-0.2, 0) is 0 Å². The number of nitrogens with one attached hydrogen (secondary N) is 1. The minimum absolute atomic E-state index is 0.171. The predicted molar refractivity (Wildman–Crippen MR) is 94.3 cm³/mol. The highest BCUT2D eigenvalue weighted by Crippen LogP contribution is 2.37. The third-order valence-corrected chi connectivity index (χ3v) is 4.42. The maximum absolute atomic E-state index is 8.00. The summed E-state index contributed by atoms with van der Waals surface area (Å²) in [6.45, 7) is 5.81. The normalized spacial score (nSPS) is 18.2. The number of anilines is 2. The zero-order chi connectivity index (χ0) is 16.6. The van der Waals surface area contributed by atoms with E-state index in [4.69, 9.17) is 13.0 Å². The highest BCUT2D eigenvalue weighted by atomic mass is 35.5. The molecule has 0 radical (unpaired) electrons. The van der Waals surface area contributed by atoms with Crippen LogP contribution in [0.2, 0.25) is 5.02 Å². The molecular weight excluding hydrogens is 316 g/mol. The average molecular weight is 334 g/mol. The molecule has 0 saturated carbocycles. The Kier molecular flexibility index (Phi) is 3.91. The Morgan fingerprint density at radius 3 is 2.86 bits per heavy atom. The van der Waals surface area contributed by atoms with Crippen molar-refractivity contribution < 1.29 is 1.37 Å². The van der Waals surface area contributed by atoms with Crippen molar-refractivity contribution in [3.05, 3.63) is 58.0 Å². The maximum Gasteiger partial charge on any atom is 0.157 e. The minimum atomic E-state index is -0.171. The SMILES string of the molecule is [2H]C1=CN(c2c(C)cccc2Cl)C(Nc2cc(C)nc(C)n2)S1. The van der Waals surface area contributed by atoms with Crippen molar-refractivity contribution in [2.75, 3.05) is 10.2 Å². The second-order valence-corrected chi connectivity index (χ2v) is 6.44. The maximum atomic E-state index is 8.00. The van der Waals surface area contributed by atoms with E-state index in [0.29, 0.717) is 10.4 Å². The van der Waals surface area contributed by atoms with Gasteiger partial charge >= 0.3 is 0 Å². The predicted octanol–water partition coefficient (Wildman–Crippen LogP) is 4.48. The Bertz CT molecular complexity index is 740.